The number of ether oxygens (including phenoxy) is 1. The first-order valence-corrected chi connectivity index (χ1v) is 6.72. The Morgan fingerprint density at radius 3 is 2.50 bits per heavy atom. The van der Waals surface area contributed by atoms with Crippen molar-refractivity contribution in [2.24, 2.45) is 0 Å². The average molecular weight is 452 g/mol. The van der Waals surface area contributed by atoms with Crippen molar-refractivity contribution in [3.05, 3.63) is 13.7 Å². The molecule has 0 aliphatic carbocycles. The molecule has 1 aromatic heterocycles. The zero-order chi connectivity index (χ0) is 11.9. The van der Waals surface area contributed by atoms with E-state index in [1.54, 1.807) is 10.9 Å². The minimum atomic E-state index is -1.08. The first-order chi connectivity index (χ1) is 7.56. The summed E-state index contributed by atoms with van der Waals surface area (Å²) in [4.78, 5) is 4.08. The molecule has 0 saturated carbocycles. The average Bonchev–Trinajstić information content (AvgIpc) is 2.73. The fraction of sp³-hybridized carbons (Fsp3) is 0.625. The summed E-state index contributed by atoms with van der Waals surface area (Å²) in [6, 6.07) is 0. The molecule has 2 rings (SSSR count). The molecule has 1 fully saturated rings. The van der Waals surface area contributed by atoms with Crippen LogP contribution in [0.5, 0.6) is 0 Å². The van der Waals surface area contributed by atoms with Crippen molar-refractivity contribution in [2.45, 2.75) is 24.5 Å². The van der Waals surface area contributed by atoms with E-state index >= 15 is 0 Å². The SMILES string of the molecule is OC[C@H]1O[C@@H](n2cnc(I)c2I)[C@H](O)[C@@H]1O. The number of aromatic nitrogens is 2. The summed E-state index contributed by atoms with van der Waals surface area (Å²) in [6.07, 6.45) is -2.04. The lowest BCUT2D eigenvalue weighted by atomic mass is 10.1. The molecule has 1 aliphatic heterocycles. The smallest absolute Gasteiger partial charge is 0.164 e. The van der Waals surface area contributed by atoms with Crippen molar-refractivity contribution in [3.63, 3.8) is 0 Å². The second-order valence-electron chi connectivity index (χ2n) is 3.46. The van der Waals surface area contributed by atoms with Crippen molar-refractivity contribution in [1.29, 1.82) is 0 Å². The van der Waals surface area contributed by atoms with Gasteiger partial charge in [-0.2, -0.15) is 0 Å². The molecule has 0 spiro atoms. The van der Waals surface area contributed by atoms with Crippen LogP contribution in [-0.4, -0.2) is 49.8 Å². The van der Waals surface area contributed by atoms with E-state index in [4.69, 9.17) is 9.84 Å². The zero-order valence-electron chi connectivity index (χ0n) is 7.99. The predicted molar refractivity (Wildman–Crippen MR) is 70.7 cm³/mol. The highest BCUT2D eigenvalue weighted by Crippen LogP contribution is 2.31. The van der Waals surface area contributed by atoms with Crippen LogP contribution in [0, 0.1) is 7.40 Å². The molecule has 1 saturated heterocycles. The van der Waals surface area contributed by atoms with E-state index in [1.165, 1.54) is 0 Å². The minimum Gasteiger partial charge on any atom is -0.394 e. The maximum Gasteiger partial charge on any atom is 0.164 e. The van der Waals surface area contributed by atoms with Gasteiger partial charge in [0.25, 0.3) is 0 Å². The first kappa shape index (κ1) is 13.0. The summed E-state index contributed by atoms with van der Waals surface area (Å²) < 4.78 is 8.65. The molecule has 0 bridgehead atoms. The van der Waals surface area contributed by atoms with Crippen LogP contribution in [0.4, 0.5) is 0 Å². The van der Waals surface area contributed by atoms with E-state index in [-0.39, 0.29) is 6.61 Å². The van der Waals surface area contributed by atoms with E-state index in [1.807, 2.05) is 0 Å². The van der Waals surface area contributed by atoms with Gasteiger partial charge in [-0.25, -0.2) is 4.98 Å². The van der Waals surface area contributed by atoms with Crippen LogP contribution in [-0.2, 0) is 4.74 Å². The summed E-state index contributed by atoms with van der Waals surface area (Å²) >= 11 is 4.15. The second-order valence-corrected chi connectivity index (χ2v) is 5.51. The fourth-order valence-electron chi connectivity index (χ4n) is 1.61. The predicted octanol–water partition coefficient (Wildman–Crippen LogP) is -0.296. The van der Waals surface area contributed by atoms with Gasteiger partial charge in [0.15, 0.2) is 6.23 Å². The van der Waals surface area contributed by atoms with Crippen LogP contribution < -0.4 is 0 Å². The van der Waals surface area contributed by atoms with Crippen LogP contribution >= 0.6 is 45.2 Å². The Labute approximate surface area is 119 Å². The number of hydrogen-bond donors (Lipinski definition) is 3. The summed E-state index contributed by atoms with van der Waals surface area (Å²) in [7, 11) is 0. The third-order valence-corrected chi connectivity index (χ3v) is 5.37. The highest BCUT2D eigenvalue weighted by Gasteiger charge is 2.43. The molecule has 4 atom stereocenters. The van der Waals surface area contributed by atoms with E-state index in [2.05, 4.69) is 50.2 Å². The topological polar surface area (TPSA) is 87.7 Å². The quantitative estimate of drug-likeness (QED) is 0.538. The molecule has 16 heavy (non-hydrogen) atoms. The third kappa shape index (κ3) is 2.10. The van der Waals surface area contributed by atoms with Crippen molar-refractivity contribution in [2.75, 3.05) is 6.61 Å². The zero-order valence-corrected chi connectivity index (χ0v) is 12.3. The van der Waals surface area contributed by atoms with E-state index in [0.29, 0.717) is 0 Å². The van der Waals surface area contributed by atoms with Crippen molar-refractivity contribution >= 4 is 45.2 Å². The number of imidazole rings is 1. The molecule has 0 unspecified atom stereocenters. The second kappa shape index (κ2) is 5.02. The summed E-state index contributed by atoms with van der Waals surface area (Å²) in [5, 5.41) is 28.4. The Morgan fingerprint density at radius 1 is 1.38 bits per heavy atom. The number of aliphatic hydroxyl groups excluding tert-OH is 3. The highest BCUT2D eigenvalue weighted by atomic mass is 127. The molecule has 0 radical (unpaired) electrons. The molecule has 3 N–H and O–H groups in total. The molecule has 2 heterocycles. The van der Waals surface area contributed by atoms with Crippen molar-refractivity contribution in [1.82, 2.24) is 9.55 Å². The van der Waals surface area contributed by atoms with Gasteiger partial charge in [0.05, 0.1) is 12.9 Å². The minimum absolute atomic E-state index is 0.322. The van der Waals surface area contributed by atoms with Crippen LogP contribution in [0.2, 0.25) is 0 Å². The highest BCUT2D eigenvalue weighted by molar-refractivity contribution is 14.1. The maximum atomic E-state index is 9.81. The lowest BCUT2D eigenvalue weighted by Gasteiger charge is -2.16. The Kier molecular flexibility index (Phi) is 4.06. The van der Waals surface area contributed by atoms with Gasteiger partial charge < -0.3 is 20.1 Å². The third-order valence-electron chi connectivity index (χ3n) is 2.48. The molecule has 6 nitrogen and oxygen atoms in total. The van der Waals surface area contributed by atoms with Crippen LogP contribution in [0.1, 0.15) is 6.23 Å². The van der Waals surface area contributed by atoms with Crippen molar-refractivity contribution in [3.8, 4) is 0 Å². The summed E-state index contributed by atoms with van der Waals surface area (Å²) in [5.41, 5.74) is 0. The molecule has 8 heteroatoms. The van der Waals surface area contributed by atoms with Gasteiger partial charge >= 0.3 is 0 Å². The molecule has 1 aromatic rings. The van der Waals surface area contributed by atoms with Crippen LogP contribution in [0.25, 0.3) is 0 Å². The fourth-order valence-corrected chi connectivity index (χ4v) is 2.55. The van der Waals surface area contributed by atoms with Crippen LogP contribution in [0.3, 0.4) is 0 Å². The molecular formula is C8H10I2N2O4. The number of rotatable bonds is 2. The number of hydrogen-bond acceptors (Lipinski definition) is 5. The van der Waals surface area contributed by atoms with Gasteiger partial charge in [-0.1, -0.05) is 0 Å². The molecule has 0 amide bonds. The molecule has 90 valence electrons. The number of halogens is 2. The van der Waals surface area contributed by atoms with Gasteiger partial charge in [0.2, 0.25) is 0 Å². The Hall–Kier alpha value is 0.510. The Bertz CT molecular complexity index is 386. The van der Waals surface area contributed by atoms with E-state index < -0.39 is 24.5 Å². The van der Waals surface area contributed by atoms with Crippen LogP contribution in [0.15, 0.2) is 6.33 Å². The monoisotopic (exact) mass is 452 g/mol. The number of nitrogens with zero attached hydrogens (tertiary/aromatic N) is 2. The Morgan fingerprint density at radius 2 is 2.06 bits per heavy atom. The standard InChI is InChI=1S/C8H10I2N2O4/c9-6-7(10)12(2-11-6)8-5(15)4(14)3(1-13)16-8/h2-5,8,13-15H,1H2/t3-,4-,5-,8-/m1/s1. The lowest BCUT2D eigenvalue weighted by Crippen LogP contribution is -2.33. The normalized spacial score (nSPS) is 34.6. The number of aliphatic hydroxyl groups is 3. The van der Waals surface area contributed by atoms with Gasteiger partial charge in [-0.05, 0) is 45.2 Å². The maximum absolute atomic E-state index is 9.81. The van der Waals surface area contributed by atoms with Crippen molar-refractivity contribution < 1.29 is 20.1 Å². The summed E-state index contributed by atoms with van der Waals surface area (Å²) in [6.45, 7) is -0.322. The lowest BCUT2D eigenvalue weighted by molar-refractivity contribution is -0.0539. The Balaban J connectivity index is 2.26. The molecule has 0 aromatic carbocycles. The largest absolute Gasteiger partial charge is 0.394 e. The molecule has 1 aliphatic rings. The van der Waals surface area contributed by atoms with Gasteiger partial charge in [0.1, 0.15) is 25.7 Å². The first-order valence-electron chi connectivity index (χ1n) is 4.56. The summed E-state index contributed by atoms with van der Waals surface area (Å²) in [5.74, 6) is 0. The van der Waals surface area contributed by atoms with E-state index in [9.17, 15) is 10.2 Å². The van der Waals surface area contributed by atoms with Gasteiger partial charge in [-0.3, -0.25) is 4.57 Å². The molecular weight excluding hydrogens is 442 g/mol. The van der Waals surface area contributed by atoms with E-state index in [0.717, 1.165) is 7.40 Å². The van der Waals surface area contributed by atoms with Gasteiger partial charge in [-0.15, -0.1) is 0 Å². The van der Waals surface area contributed by atoms with Gasteiger partial charge in [0, 0.05) is 0 Å².